The van der Waals surface area contributed by atoms with E-state index in [4.69, 9.17) is 5.10 Å². The first kappa shape index (κ1) is 13.3. The Morgan fingerprint density at radius 1 is 1.05 bits per heavy atom. The van der Waals surface area contributed by atoms with Gasteiger partial charge in [0.1, 0.15) is 11.3 Å². The maximum Gasteiger partial charge on any atom is 0.123 e. The Balaban J connectivity index is 2.31. The van der Waals surface area contributed by atoms with Gasteiger partial charge in [-0.3, -0.25) is 0 Å². The molecular formula is C19H17FN2. The maximum absolute atomic E-state index is 13.6. The molecule has 0 atom stereocenters. The molecular weight excluding hydrogens is 275 g/mol. The van der Waals surface area contributed by atoms with Gasteiger partial charge in [0.15, 0.2) is 0 Å². The molecule has 0 bridgehead atoms. The fourth-order valence-electron chi connectivity index (χ4n) is 3.14. The highest BCUT2D eigenvalue weighted by atomic mass is 19.1. The third-order valence-corrected chi connectivity index (χ3v) is 4.19. The van der Waals surface area contributed by atoms with Gasteiger partial charge in [-0.2, -0.15) is 5.10 Å². The number of fused-ring (bicyclic) bond motifs is 5. The Labute approximate surface area is 128 Å². The molecule has 0 spiro atoms. The molecule has 4 aromatic rings. The molecule has 0 fully saturated rings. The van der Waals surface area contributed by atoms with E-state index in [0.29, 0.717) is 0 Å². The molecule has 2 heterocycles. The largest absolute Gasteiger partial charge is 0.240 e. The first-order valence-corrected chi connectivity index (χ1v) is 7.45. The number of nitrogens with zero attached hydrogens (tertiary/aromatic N) is 2. The van der Waals surface area contributed by atoms with Crippen molar-refractivity contribution in [1.82, 2.24) is 9.61 Å². The highest BCUT2D eigenvalue weighted by Gasteiger charge is 2.22. The van der Waals surface area contributed by atoms with Crippen LogP contribution in [0.15, 0.2) is 48.7 Å². The second-order valence-corrected chi connectivity index (χ2v) is 6.79. The van der Waals surface area contributed by atoms with Gasteiger partial charge in [-0.1, -0.05) is 26.8 Å². The lowest BCUT2D eigenvalue weighted by molar-refractivity contribution is 0.596. The molecule has 110 valence electrons. The highest BCUT2D eigenvalue weighted by Crippen LogP contribution is 2.37. The van der Waals surface area contributed by atoms with Crippen molar-refractivity contribution in [3.05, 3.63) is 60.0 Å². The van der Waals surface area contributed by atoms with E-state index < -0.39 is 0 Å². The van der Waals surface area contributed by atoms with Gasteiger partial charge >= 0.3 is 0 Å². The van der Waals surface area contributed by atoms with Crippen LogP contribution in [0.4, 0.5) is 4.39 Å². The van der Waals surface area contributed by atoms with E-state index in [9.17, 15) is 4.39 Å². The summed E-state index contributed by atoms with van der Waals surface area (Å²) < 4.78 is 15.5. The second kappa shape index (κ2) is 4.29. The number of pyridine rings is 1. The zero-order valence-electron chi connectivity index (χ0n) is 12.9. The standard InChI is InChI=1S/C19H17FN2/c1-19(2,3)15-11-12-10-13(20)7-8-14(12)18-17(15)16-6-4-5-9-22(16)21-18/h4-11H,1-3H3. The number of aromatic nitrogens is 2. The monoisotopic (exact) mass is 292 g/mol. The Morgan fingerprint density at radius 3 is 2.64 bits per heavy atom. The predicted octanol–water partition coefficient (Wildman–Crippen LogP) is 5.08. The van der Waals surface area contributed by atoms with Crippen LogP contribution in [0.2, 0.25) is 0 Å². The molecule has 2 aromatic carbocycles. The highest BCUT2D eigenvalue weighted by molar-refractivity contribution is 6.12. The molecule has 0 aliphatic rings. The van der Waals surface area contributed by atoms with Crippen molar-refractivity contribution in [2.24, 2.45) is 0 Å². The van der Waals surface area contributed by atoms with Crippen LogP contribution in [0.3, 0.4) is 0 Å². The van der Waals surface area contributed by atoms with Gasteiger partial charge in [0.05, 0.1) is 5.52 Å². The summed E-state index contributed by atoms with van der Waals surface area (Å²) in [5, 5.41) is 7.80. The van der Waals surface area contributed by atoms with Crippen LogP contribution in [0.25, 0.3) is 27.2 Å². The minimum atomic E-state index is -0.213. The Bertz CT molecular complexity index is 1020. The molecule has 0 radical (unpaired) electrons. The maximum atomic E-state index is 13.6. The number of halogens is 1. The van der Waals surface area contributed by atoms with Crippen molar-refractivity contribution in [1.29, 1.82) is 0 Å². The SMILES string of the molecule is CC(C)(C)c1cc2cc(F)ccc2c2nn3ccccc3c12. The number of benzene rings is 2. The van der Waals surface area contributed by atoms with Crippen molar-refractivity contribution in [2.75, 3.05) is 0 Å². The van der Waals surface area contributed by atoms with E-state index >= 15 is 0 Å². The summed E-state index contributed by atoms with van der Waals surface area (Å²) in [5.74, 6) is -0.213. The van der Waals surface area contributed by atoms with Gasteiger partial charge in [0.25, 0.3) is 0 Å². The molecule has 4 rings (SSSR count). The average Bonchev–Trinajstić information content (AvgIpc) is 2.84. The fraction of sp³-hybridized carbons (Fsp3) is 0.211. The topological polar surface area (TPSA) is 17.3 Å². The second-order valence-electron chi connectivity index (χ2n) is 6.79. The van der Waals surface area contributed by atoms with Gasteiger partial charge in [-0.25, -0.2) is 8.91 Å². The van der Waals surface area contributed by atoms with Gasteiger partial charge in [-0.05, 0) is 52.8 Å². The quantitative estimate of drug-likeness (QED) is 0.442. The molecule has 0 saturated heterocycles. The van der Waals surface area contributed by atoms with Gasteiger partial charge in [-0.15, -0.1) is 0 Å². The lowest BCUT2D eigenvalue weighted by Gasteiger charge is -2.21. The van der Waals surface area contributed by atoms with Crippen LogP contribution >= 0.6 is 0 Å². The van der Waals surface area contributed by atoms with E-state index in [1.54, 1.807) is 6.07 Å². The van der Waals surface area contributed by atoms with E-state index in [2.05, 4.69) is 32.9 Å². The predicted molar refractivity (Wildman–Crippen MR) is 88.9 cm³/mol. The van der Waals surface area contributed by atoms with Crippen LogP contribution in [0, 0.1) is 5.82 Å². The molecule has 0 N–H and O–H groups in total. The van der Waals surface area contributed by atoms with Crippen LogP contribution < -0.4 is 0 Å². The first-order valence-electron chi connectivity index (χ1n) is 7.45. The minimum Gasteiger partial charge on any atom is -0.240 e. The minimum absolute atomic E-state index is 0.0435. The summed E-state index contributed by atoms with van der Waals surface area (Å²) in [6.07, 6.45) is 1.96. The molecule has 0 aliphatic carbocycles. The number of hydrogen-bond donors (Lipinski definition) is 0. The van der Waals surface area contributed by atoms with E-state index in [1.807, 2.05) is 28.9 Å². The summed E-state index contributed by atoms with van der Waals surface area (Å²) >= 11 is 0. The zero-order valence-corrected chi connectivity index (χ0v) is 12.9. The smallest absolute Gasteiger partial charge is 0.123 e. The van der Waals surface area contributed by atoms with Crippen LogP contribution in [0.5, 0.6) is 0 Å². The normalized spacial score (nSPS) is 12.5. The van der Waals surface area contributed by atoms with Crippen molar-refractivity contribution in [3.8, 4) is 0 Å². The third kappa shape index (κ3) is 1.82. The van der Waals surface area contributed by atoms with Crippen LogP contribution in [-0.4, -0.2) is 9.61 Å². The van der Waals surface area contributed by atoms with Crippen molar-refractivity contribution >= 4 is 27.2 Å². The van der Waals surface area contributed by atoms with Crippen molar-refractivity contribution < 1.29 is 4.39 Å². The molecule has 0 saturated carbocycles. The summed E-state index contributed by atoms with van der Waals surface area (Å²) in [6, 6.07) is 13.1. The summed E-state index contributed by atoms with van der Waals surface area (Å²) in [6.45, 7) is 6.54. The van der Waals surface area contributed by atoms with Crippen LogP contribution in [-0.2, 0) is 5.41 Å². The summed E-state index contributed by atoms with van der Waals surface area (Å²) in [7, 11) is 0. The molecule has 0 aliphatic heterocycles. The number of rotatable bonds is 0. The van der Waals surface area contributed by atoms with Crippen LogP contribution in [0.1, 0.15) is 26.3 Å². The van der Waals surface area contributed by atoms with E-state index in [0.717, 1.165) is 27.2 Å². The molecule has 2 nitrogen and oxygen atoms in total. The zero-order chi connectivity index (χ0) is 15.5. The van der Waals surface area contributed by atoms with Crippen molar-refractivity contribution in [3.63, 3.8) is 0 Å². The summed E-state index contributed by atoms with van der Waals surface area (Å²) in [5.41, 5.74) is 3.18. The van der Waals surface area contributed by atoms with E-state index in [-0.39, 0.29) is 11.2 Å². The Kier molecular flexibility index (Phi) is 2.59. The lowest BCUT2D eigenvalue weighted by Crippen LogP contribution is -2.11. The molecule has 22 heavy (non-hydrogen) atoms. The number of hydrogen-bond acceptors (Lipinski definition) is 1. The first-order chi connectivity index (χ1) is 10.4. The molecule has 0 amide bonds. The third-order valence-electron chi connectivity index (χ3n) is 4.19. The van der Waals surface area contributed by atoms with E-state index in [1.165, 1.54) is 11.6 Å². The lowest BCUT2D eigenvalue weighted by atomic mass is 9.83. The van der Waals surface area contributed by atoms with Crippen molar-refractivity contribution in [2.45, 2.75) is 26.2 Å². The molecule has 3 heteroatoms. The molecule has 0 unspecified atom stereocenters. The fourth-order valence-corrected chi connectivity index (χ4v) is 3.14. The summed E-state index contributed by atoms with van der Waals surface area (Å²) in [4.78, 5) is 0. The Hall–Kier alpha value is -2.42. The van der Waals surface area contributed by atoms with Gasteiger partial charge in [0.2, 0.25) is 0 Å². The Morgan fingerprint density at radius 2 is 1.86 bits per heavy atom. The average molecular weight is 292 g/mol. The molecule has 2 aromatic heterocycles. The van der Waals surface area contributed by atoms with Gasteiger partial charge < -0.3 is 0 Å². The van der Waals surface area contributed by atoms with Gasteiger partial charge in [0, 0.05) is 17.0 Å².